The maximum Gasteiger partial charge on any atom is 0.307 e. The number of hydrogen-bond acceptors (Lipinski definition) is 2. The summed E-state index contributed by atoms with van der Waals surface area (Å²) >= 11 is 3.42. The molecule has 5 heteroatoms. The van der Waals surface area contributed by atoms with Gasteiger partial charge in [0, 0.05) is 10.4 Å². The molecule has 25 heavy (non-hydrogen) atoms. The highest BCUT2D eigenvalue weighted by atomic mass is 79.9. The summed E-state index contributed by atoms with van der Waals surface area (Å²) in [5.74, 6) is -2.71. The Labute approximate surface area is 156 Å². The third-order valence-corrected chi connectivity index (χ3v) is 4.95. The summed E-state index contributed by atoms with van der Waals surface area (Å²) in [5.41, 5.74) is 3.74. The van der Waals surface area contributed by atoms with Crippen molar-refractivity contribution in [2.24, 2.45) is 11.8 Å². The molecular formula is C20H22BrNO3. The summed E-state index contributed by atoms with van der Waals surface area (Å²) in [5, 5.41) is 12.4. The molecule has 0 fully saturated rings. The largest absolute Gasteiger partial charge is 0.481 e. The molecule has 0 spiro atoms. The number of aliphatic carboxylic acids is 1. The maximum absolute atomic E-state index is 12.5. The van der Waals surface area contributed by atoms with E-state index in [1.165, 1.54) is 0 Å². The van der Waals surface area contributed by atoms with Gasteiger partial charge in [-0.3, -0.25) is 9.59 Å². The van der Waals surface area contributed by atoms with Crippen LogP contribution in [0.4, 0.5) is 5.69 Å². The second kappa shape index (κ2) is 8.30. The predicted octanol–water partition coefficient (Wildman–Crippen LogP) is 4.58. The zero-order valence-corrected chi connectivity index (χ0v) is 16.1. The number of carbonyl (C=O) groups is 2. The summed E-state index contributed by atoms with van der Waals surface area (Å²) < 4.78 is 0.776. The number of benzene rings is 2. The molecule has 2 atom stereocenters. The third-order valence-electron chi connectivity index (χ3n) is 4.29. The topological polar surface area (TPSA) is 66.4 Å². The Morgan fingerprint density at radius 3 is 2.24 bits per heavy atom. The number of carbonyl (C=O) groups excluding carboxylic acids is 1. The lowest BCUT2D eigenvalue weighted by Crippen LogP contribution is -2.33. The van der Waals surface area contributed by atoms with Crippen molar-refractivity contribution in [2.45, 2.75) is 27.2 Å². The van der Waals surface area contributed by atoms with Gasteiger partial charge in [-0.25, -0.2) is 0 Å². The van der Waals surface area contributed by atoms with Crippen LogP contribution in [0.5, 0.6) is 0 Å². The average molecular weight is 404 g/mol. The number of anilines is 1. The highest BCUT2D eigenvalue weighted by molar-refractivity contribution is 9.10. The predicted molar refractivity (Wildman–Crippen MR) is 103 cm³/mol. The van der Waals surface area contributed by atoms with Crippen molar-refractivity contribution in [2.75, 3.05) is 5.32 Å². The van der Waals surface area contributed by atoms with Gasteiger partial charge in [-0.05, 0) is 59.5 Å². The van der Waals surface area contributed by atoms with Gasteiger partial charge < -0.3 is 10.4 Å². The smallest absolute Gasteiger partial charge is 0.307 e. The molecular weight excluding hydrogens is 382 g/mol. The van der Waals surface area contributed by atoms with E-state index in [-0.39, 0.29) is 5.91 Å². The van der Waals surface area contributed by atoms with E-state index in [0.29, 0.717) is 12.1 Å². The van der Waals surface area contributed by atoms with E-state index in [2.05, 4.69) is 21.2 Å². The lowest BCUT2D eigenvalue weighted by molar-refractivity contribution is -0.145. The van der Waals surface area contributed by atoms with Crippen LogP contribution < -0.4 is 5.32 Å². The minimum Gasteiger partial charge on any atom is -0.481 e. The molecule has 4 nitrogen and oxygen atoms in total. The van der Waals surface area contributed by atoms with Gasteiger partial charge in [0.25, 0.3) is 0 Å². The van der Waals surface area contributed by atoms with Crippen molar-refractivity contribution in [1.82, 2.24) is 0 Å². The first kappa shape index (κ1) is 19.2. The summed E-state index contributed by atoms with van der Waals surface area (Å²) in [6, 6.07) is 13.3. The van der Waals surface area contributed by atoms with E-state index in [1.807, 2.05) is 50.2 Å². The molecule has 132 valence electrons. The van der Waals surface area contributed by atoms with Crippen molar-refractivity contribution >= 4 is 33.5 Å². The van der Waals surface area contributed by atoms with Crippen molar-refractivity contribution in [3.8, 4) is 0 Å². The summed E-state index contributed by atoms with van der Waals surface area (Å²) in [6.45, 7) is 5.60. The normalized spacial score (nSPS) is 13.1. The van der Waals surface area contributed by atoms with Crippen LogP contribution in [0.25, 0.3) is 0 Å². The first-order chi connectivity index (χ1) is 11.8. The molecule has 0 aromatic heterocycles. The first-order valence-corrected chi connectivity index (χ1v) is 8.92. The number of aryl methyl sites for hydroxylation is 2. The minimum absolute atomic E-state index is 0.302. The SMILES string of the molecule is Cc1ccc(CC(C(=O)O)C(C)C(=O)Nc2ccc(C)cc2Br)cc1. The van der Waals surface area contributed by atoms with E-state index in [9.17, 15) is 14.7 Å². The van der Waals surface area contributed by atoms with Gasteiger partial charge in [0.1, 0.15) is 0 Å². The molecule has 2 aromatic rings. The number of nitrogens with one attached hydrogen (secondary N) is 1. The summed E-state index contributed by atoms with van der Waals surface area (Å²) in [4.78, 5) is 24.2. The minimum atomic E-state index is -0.966. The van der Waals surface area contributed by atoms with Crippen molar-refractivity contribution < 1.29 is 14.7 Å². The molecule has 0 saturated heterocycles. The van der Waals surface area contributed by atoms with E-state index >= 15 is 0 Å². The van der Waals surface area contributed by atoms with Crippen molar-refractivity contribution in [1.29, 1.82) is 0 Å². The first-order valence-electron chi connectivity index (χ1n) is 8.13. The fourth-order valence-electron chi connectivity index (χ4n) is 2.61. The molecule has 0 saturated carbocycles. The standard InChI is InChI=1S/C20H22BrNO3/c1-12-4-7-15(8-5-12)11-16(20(24)25)14(3)19(23)22-18-9-6-13(2)10-17(18)21/h4-10,14,16H,11H2,1-3H3,(H,22,23)(H,24,25). The van der Waals surface area contributed by atoms with Crippen LogP contribution in [-0.4, -0.2) is 17.0 Å². The highest BCUT2D eigenvalue weighted by Gasteiger charge is 2.30. The van der Waals surface area contributed by atoms with Crippen LogP contribution in [0.1, 0.15) is 23.6 Å². The van der Waals surface area contributed by atoms with Gasteiger partial charge in [0.15, 0.2) is 0 Å². The number of halogens is 1. The monoisotopic (exact) mass is 403 g/mol. The molecule has 0 aliphatic heterocycles. The Hall–Kier alpha value is -2.14. The Bertz CT molecular complexity index is 771. The average Bonchev–Trinajstić information content (AvgIpc) is 2.56. The molecule has 0 aliphatic carbocycles. The molecule has 0 aliphatic rings. The second-order valence-electron chi connectivity index (χ2n) is 6.40. The molecule has 1 amide bonds. The zero-order chi connectivity index (χ0) is 18.6. The highest BCUT2D eigenvalue weighted by Crippen LogP contribution is 2.26. The quantitative estimate of drug-likeness (QED) is 0.741. The van der Waals surface area contributed by atoms with E-state index in [4.69, 9.17) is 0 Å². The fraction of sp³-hybridized carbons (Fsp3) is 0.300. The van der Waals surface area contributed by atoms with Crippen LogP contribution in [-0.2, 0) is 16.0 Å². The Morgan fingerprint density at radius 1 is 1.08 bits per heavy atom. The molecule has 2 rings (SSSR count). The van der Waals surface area contributed by atoms with Gasteiger partial charge >= 0.3 is 5.97 Å². The lowest BCUT2D eigenvalue weighted by Gasteiger charge is -2.20. The van der Waals surface area contributed by atoms with Crippen LogP contribution >= 0.6 is 15.9 Å². The molecule has 2 unspecified atom stereocenters. The number of carboxylic acids is 1. The van der Waals surface area contributed by atoms with Gasteiger partial charge in [0.05, 0.1) is 11.6 Å². The third kappa shape index (κ3) is 5.16. The molecule has 0 radical (unpaired) electrons. The van der Waals surface area contributed by atoms with E-state index < -0.39 is 17.8 Å². The fourth-order valence-corrected chi connectivity index (χ4v) is 3.20. The Balaban J connectivity index is 2.12. The molecule has 2 N–H and O–H groups in total. The van der Waals surface area contributed by atoms with Gasteiger partial charge in [-0.1, -0.05) is 42.8 Å². The second-order valence-corrected chi connectivity index (χ2v) is 7.25. The van der Waals surface area contributed by atoms with Gasteiger partial charge in [0.2, 0.25) is 5.91 Å². The number of hydrogen-bond donors (Lipinski definition) is 2. The summed E-state index contributed by atoms with van der Waals surface area (Å²) in [7, 11) is 0. The van der Waals surface area contributed by atoms with E-state index in [0.717, 1.165) is 21.2 Å². The Kier molecular flexibility index (Phi) is 6.37. The molecule has 2 aromatic carbocycles. The van der Waals surface area contributed by atoms with Crippen molar-refractivity contribution in [3.63, 3.8) is 0 Å². The molecule has 0 bridgehead atoms. The summed E-state index contributed by atoms with van der Waals surface area (Å²) in [6.07, 6.45) is 0.319. The molecule has 0 heterocycles. The van der Waals surface area contributed by atoms with Crippen LogP contribution in [0.3, 0.4) is 0 Å². The van der Waals surface area contributed by atoms with Gasteiger partial charge in [-0.15, -0.1) is 0 Å². The Morgan fingerprint density at radius 2 is 1.68 bits per heavy atom. The van der Waals surface area contributed by atoms with Crippen LogP contribution in [0, 0.1) is 25.7 Å². The van der Waals surface area contributed by atoms with Gasteiger partial charge in [-0.2, -0.15) is 0 Å². The van der Waals surface area contributed by atoms with Crippen LogP contribution in [0.15, 0.2) is 46.9 Å². The van der Waals surface area contributed by atoms with Crippen molar-refractivity contribution in [3.05, 3.63) is 63.6 Å². The maximum atomic E-state index is 12.5. The number of rotatable bonds is 6. The van der Waals surface area contributed by atoms with Crippen LogP contribution in [0.2, 0.25) is 0 Å². The lowest BCUT2D eigenvalue weighted by atomic mass is 9.87. The number of carboxylic acid groups (broad SMARTS) is 1. The van der Waals surface area contributed by atoms with E-state index in [1.54, 1.807) is 13.0 Å². The zero-order valence-electron chi connectivity index (χ0n) is 14.5. The number of amides is 1.